The van der Waals surface area contributed by atoms with Gasteiger partial charge in [0, 0.05) is 23.6 Å². The molecule has 3 rings (SSSR count). The van der Waals surface area contributed by atoms with Gasteiger partial charge in [-0.05, 0) is 35.9 Å². The first-order chi connectivity index (χ1) is 12.0. The van der Waals surface area contributed by atoms with Crippen LogP contribution in [0.15, 0.2) is 28.7 Å². The summed E-state index contributed by atoms with van der Waals surface area (Å²) in [6.45, 7) is 3.19. The Morgan fingerprint density at radius 2 is 2.16 bits per heavy atom. The summed E-state index contributed by atoms with van der Waals surface area (Å²) in [5.74, 6) is -0.820. The summed E-state index contributed by atoms with van der Waals surface area (Å²) < 4.78 is 29.9. The first kappa shape index (κ1) is 18.7. The van der Waals surface area contributed by atoms with Gasteiger partial charge in [-0.25, -0.2) is 9.18 Å². The van der Waals surface area contributed by atoms with Crippen molar-refractivity contribution in [2.75, 3.05) is 19.8 Å². The molecular formula is C18H20ClFO4S. The monoisotopic (exact) mass is 386 g/mol. The van der Waals surface area contributed by atoms with Gasteiger partial charge in [0.2, 0.25) is 0 Å². The molecule has 0 bridgehead atoms. The van der Waals surface area contributed by atoms with E-state index in [0.717, 1.165) is 10.5 Å². The number of carbonyl (C=O) groups is 1. The molecule has 1 heterocycles. The third-order valence-corrected chi connectivity index (χ3v) is 5.87. The molecule has 136 valence electrons. The van der Waals surface area contributed by atoms with E-state index in [1.54, 1.807) is 13.0 Å². The van der Waals surface area contributed by atoms with Crippen molar-refractivity contribution in [2.24, 2.45) is 0 Å². The topological polar surface area (TPSA) is 44.8 Å². The van der Waals surface area contributed by atoms with Crippen LogP contribution in [0.2, 0.25) is 5.02 Å². The minimum atomic E-state index is -0.695. The Balaban J connectivity index is 1.78. The van der Waals surface area contributed by atoms with Crippen molar-refractivity contribution in [1.29, 1.82) is 0 Å². The molecule has 1 fully saturated rings. The number of hydrogen-bond acceptors (Lipinski definition) is 5. The molecule has 7 heteroatoms. The first-order valence-electron chi connectivity index (χ1n) is 8.27. The predicted octanol–water partition coefficient (Wildman–Crippen LogP) is 4.46. The zero-order chi connectivity index (χ0) is 17.9. The van der Waals surface area contributed by atoms with Crippen molar-refractivity contribution in [3.8, 4) is 0 Å². The van der Waals surface area contributed by atoms with Gasteiger partial charge in [0.25, 0.3) is 0 Å². The lowest BCUT2D eigenvalue weighted by molar-refractivity contribution is -0.167. The van der Waals surface area contributed by atoms with Gasteiger partial charge in [0.1, 0.15) is 5.82 Å². The normalized spacial score (nSPS) is 19.5. The number of halogens is 2. The molecule has 1 aliphatic heterocycles. The maximum absolute atomic E-state index is 13.2. The summed E-state index contributed by atoms with van der Waals surface area (Å²) in [4.78, 5) is 13.4. The molecule has 2 aliphatic rings. The molecule has 4 nitrogen and oxygen atoms in total. The molecule has 0 saturated carbocycles. The van der Waals surface area contributed by atoms with Crippen LogP contribution in [0.4, 0.5) is 4.39 Å². The summed E-state index contributed by atoms with van der Waals surface area (Å²) >= 11 is 7.63. The Kier molecular flexibility index (Phi) is 6.04. The Morgan fingerprint density at radius 3 is 2.84 bits per heavy atom. The largest absolute Gasteiger partial charge is 0.463 e. The average Bonchev–Trinajstić information content (AvgIpc) is 3.03. The predicted molar refractivity (Wildman–Crippen MR) is 94.9 cm³/mol. The minimum absolute atomic E-state index is 0.318. The van der Waals surface area contributed by atoms with Crippen LogP contribution in [0.25, 0.3) is 0 Å². The smallest absolute Gasteiger partial charge is 0.334 e. The molecule has 1 aromatic carbocycles. The lowest BCUT2D eigenvalue weighted by Gasteiger charge is -2.33. The maximum atomic E-state index is 13.2. The van der Waals surface area contributed by atoms with Crippen LogP contribution in [0.5, 0.6) is 0 Å². The van der Waals surface area contributed by atoms with E-state index >= 15 is 0 Å². The number of thioether (sulfide) groups is 1. The number of hydrogen-bond donors (Lipinski definition) is 0. The van der Waals surface area contributed by atoms with Gasteiger partial charge in [0.05, 0.1) is 25.4 Å². The molecule has 1 aromatic rings. The second-order valence-electron chi connectivity index (χ2n) is 5.93. The van der Waals surface area contributed by atoms with Crippen molar-refractivity contribution in [2.45, 2.75) is 37.7 Å². The molecule has 25 heavy (non-hydrogen) atoms. The van der Waals surface area contributed by atoms with Crippen LogP contribution in [-0.2, 0) is 24.8 Å². The van der Waals surface area contributed by atoms with Gasteiger partial charge in [-0.15, -0.1) is 11.8 Å². The highest BCUT2D eigenvalue weighted by atomic mass is 35.5. The summed E-state index contributed by atoms with van der Waals surface area (Å²) in [5.41, 5.74) is 1.44. The molecule has 0 aromatic heterocycles. The van der Waals surface area contributed by atoms with Gasteiger partial charge >= 0.3 is 5.97 Å². The van der Waals surface area contributed by atoms with E-state index < -0.39 is 5.79 Å². The van der Waals surface area contributed by atoms with Crippen molar-refractivity contribution < 1.29 is 23.4 Å². The lowest BCUT2D eigenvalue weighted by Crippen LogP contribution is -2.35. The Hall–Kier alpha value is -1.08. The molecular weight excluding hydrogens is 367 g/mol. The Morgan fingerprint density at radius 1 is 1.40 bits per heavy atom. The lowest BCUT2D eigenvalue weighted by atomic mass is 9.93. The van der Waals surface area contributed by atoms with E-state index in [2.05, 4.69) is 0 Å². The Labute approximate surface area is 155 Å². The third kappa shape index (κ3) is 4.37. The van der Waals surface area contributed by atoms with E-state index in [-0.39, 0.29) is 11.8 Å². The highest BCUT2D eigenvalue weighted by Gasteiger charge is 2.42. The quantitative estimate of drug-likeness (QED) is 0.699. The molecule has 0 N–H and O–H groups in total. The zero-order valence-corrected chi connectivity index (χ0v) is 15.6. The third-order valence-electron chi connectivity index (χ3n) is 4.27. The minimum Gasteiger partial charge on any atom is -0.463 e. The van der Waals surface area contributed by atoms with E-state index in [0.29, 0.717) is 55.4 Å². The molecule has 0 atom stereocenters. The fourth-order valence-corrected chi connectivity index (χ4v) is 4.49. The second-order valence-corrected chi connectivity index (χ2v) is 7.41. The van der Waals surface area contributed by atoms with E-state index in [1.807, 2.05) is 0 Å². The second kappa shape index (κ2) is 8.08. The van der Waals surface area contributed by atoms with Crippen LogP contribution in [-0.4, -0.2) is 31.6 Å². The average molecular weight is 387 g/mol. The van der Waals surface area contributed by atoms with Crippen molar-refractivity contribution in [1.82, 2.24) is 0 Å². The summed E-state index contributed by atoms with van der Waals surface area (Å²) in [6.07, 6.45) is 1.78. The van der Waals surface area contributed by atoms with Crippen molar-refractivity contribution in [3.05, 3.63) is 45.1 Å². The van der Waals surface area contributed by atoms with Crippen LogP contribution < -0.4 is 0 Å². The zero-order valence-electron chi connectivity index (χ0n) is 14.0. The van der Waals surface area contributed by atoms with Gasteiger partial charge in [0.15, 0.2) is 5.79 Å². The van der Waals surface area contributed by atoms with Crippen LogP contribution in [0.1, 0.15) is 31.7 Å². The van der Waals surface area contributed by atoms with Gasteiger partial charge < -0.3 is 14.2 Å². The van der Waals surface area contributed by atoms with Crippen LogP contribution in [0.3, 0.4) is 0 Å². The number of allylic oxidation sites excluding steroid dienone is 1. The maximum Gasteiger partial charge on any atom is 0.334 e. The molecule has 1 saturated heterocycles. The number of carbonyl (C=O) groups excluding carboxylic acids is 1. The van der Waals surface area contributed by atoms with Gasteiger partial charge in [-0.3, -0.25) is 0 Å². The number of benzene rings is 1. The molecule has 1 aliphatic carbocycles. The van der Waals surface area contributed by atoms with Crippen molar-refractivity contribution >= 4 is 29.3 Å². The highest BCUT2D eigenvalue weighted by Crippen LogP contribution is 2.43. The fourth-order valence-electron chi connectivity index (χ4n) is 3.02. The first-order valence-corrected chi connectivity index (χ1v) is 9.63. The SMILES string of the molecule is CCOC(=O)C1=C(SCc2ccc(F)cc2Cl)CCC2(C1)OCCO2. The molecule has 1 spiro atoms. The van der Waals surface area contributed by atoms with E-state index in [4.69, 9.17) is 25.8 Å². The van der Waals surface area contributed by atoms with Gasteiger partial charge in [-0.1, -0.05) is 17.7 Å². The summed E-state index contributed by atoms with van der Waals surface area (Å²) in [5, 5.41) is 0.389. The molecule has 0 unspecified atom stereocenters. The van der Waals surface area contributed by atoms with E-state index in [1.165, 1.54) is 23.9 Å². The number of ether oxygens (including phenoxy) is 3. The Bertz CT molecular complexity index is 686. The number of rotatable bonds is 5. The van der Waals surface area contributed by atoms with Gasteiger partial charge in [-0.2, -0.15) is 0 Å². The standard InChI is InChI=1S/C18H20ClFO4S/c1-2-22-17(21)14-10-18(23-7-8-24-18)6-5-16(14)25-11-12-3-4-13(20)9-15(12)19/h3-4,9H,2,5-8,10-11H2,1H3. The van der Waals surface area contributed by atoms with Crippen LogP contribution in [0, 0.1) is 5.82 Å². The highest BCUT2D eigenvalue weighted by molar-refractivity contribution is 8.02. The molecule has 0 radical (unpaired) electrons. The summed E-state index contributed by atoms with van der Waals surface area (Å²) in [7, 11) is 0. The number of esters is 1. The van der Waals surface area contributed by atoms with Crippen LogP contribution >= 0.6 is 23.4 Å². The van der Waals surface area contributed by atoms with Crippen molar-refractivity contribution in [3.63, 3.8) is 0 Å². The molecule has 0 amide bonds. The fraction of sp³-hybridized carbons (Fsp3) is 0.500. The van der Waals surface area contributed by atoms with E-state index in [9.17, 15) is 9.18 Å². The summed E-state index contributed by atoms with van der Waals surface area (Å²) in [6, 6.07) is 4.36.